The predicted molar refractivity (Wildman–Crippen MR) is 93.8 cm³/mol. The molecule has 1 fully saturated rings. The number of aryl methyl sites for hydroxylation is 1. The highest BCUT2D eigenvalue weighted by Crippen LogP contribution is 2.20. The number of unbranched alkanes of at least 4 members (excludes halogenated alkanes) is 1. The van der Waals surface area contributed by atoms with Crippen molar-refractivity contribution in [3.05, 3.63) is 29.8 Å². The number of nitrogens with one attached hydrogen (secondary N) is 1. The number of rotatable bonds is 9. The van der Waals surface area contributed by atoms with E-state index in [4.69, 9.17) is 4.74 Å². The van der Waals surface area contributed by atoms with Crippen molar-refractivity contribution in [3.63, 3.8) is 0 Å². The van der Waals surface area contributed by atoms with E-state index in [-0.39, 0.29) is 5.91 Å². The zero-order valence-corrected chi connectivity index (χ0v) is 14.4. The number of likely N-dealkylation sites (tertiary alicyclic amines) is 1. The lowest BCUT2D eigenvalue weighted by molar-refractivity contribution is -0.120. The lowest BCUT2D eigenvalue weighted by Gasteiger charge is -2.26. The molecule has 0 bridgehead atoms. The zero-order chi connectivity index (χ0) is 16.3. The second-order valence-electron chi connectivity index (χ2n) is 6.24. The molecule has 0 radical (unpaired) electrons. The maximum Gasteiger partial charge on any atom is 0.220 e. The highest BCUT2D eigenvalue weighted by atomic mass is 16.5. The molecule has 1 heterocycles. The van der Waals surface area contributed by atoms with Crippen molar-refractivity contribution < 1.29 is 9.53 Å². The van der Waals surface area contributed by atoms with Gasteiger partial charge in [-0.3, -0.25) is 4.79 Å². The van der Waals surface area contributed by atoms with Crippen molar-refractivity contribution in [1.82, 2.24) is 10.2 Å². The van der Waals surface area contributed by atoms with Crippen LogP contribution in [0.1, 0.15) is 44.1 Å². The highest BCUT2D eigenvalue weighted by Gasteiger charge is 2.09. The maximum atomic E-state index is 11.4. The molecule has 0 aliphatic carbocycles. The topological polar surface area (TPSA) is 41.6 Å². The Morgan fingerprint density at radius 3 is 2.74 bits per heavy atom. The van der Waals surface area contributed by atoms with Crippen LogP contribution in [0.4, 0.5) is 0 Å². The molecule has 4 heteroatoms. The van der Waals surface area contributed by atoms with Crippen molar-refractivity contribution in [2.24, 2.45) is 0 Å². The summed E-state index contributed by atoms with van der Waals surface area (Å²) in [5, 5.41) is 2.66. The first-order valence-corrected chi connectivity index (χ1v) is 8.93. The van der Waals surface area contributed by atoms with Gasteiger partial charge in [-0.15, -0.1) is 0 Å². The molecule has 0 spiro atoms. The minimum absolute atomic E-state index is 0.0707. The van der Waals surface area contributed by atoms with Crippen molar-refractivity contribution in [2.75, 3.05) is 33.3 Å². The number of amides is 1. The third-order valence-electron chi connectivity index (χ3n) is 4.45. The van der Waals surface area contributed by atoms with Crippen molar-refractivity contribution in [3.8, 4) is 5.75 Å². The van der Waals surface area contributed by atoms with Gasteiger partial charge in [-0.25, -0.2) is 0 Å². The van der Waals surface area contributed by atoms with Crippen LogP contribution in [-0.4, -0.2) is 44.1 Å². The SMILES string of the molecule is CNC(=O)CCc1ccccc1OCCCCN1CCCCC1. The Labute approximate surface area is 140 Å². The third-order valence-corrected chi connectivity index (χ3v) is 4.45. The lowest BCUT2D eigenvalue weighted by Crippen LogP contribution is -2.30. The van der Waals surface area contributed by atoms with Gasteiger partial charge in [-0.05, 0) is 63.4 Å². The summed E-state index contributed by atoms with van der Waals surface area (Å²) in [6, 6.07) is 8.05. The zero-order valence-electron chi connectivity index (χ0n) is 14.4. The van der Waals surface area contributed by atoms with E-state index in [0.29, 0.717) is 6.42 Å². The number of nitrogens with zero attached hydrogens (tertiary/aromatic N) is 1. The van der Waals surface area contributed by atoms with Crippen LogP contribution in [0.15, 0.2) is 24.3 Å². The Morgan fingerprint density at radius 1 is 1.17 bits per heavy atom. The van der Waals surface area contributed by atoms with Gasteiger partial charge in [-0.2, -0.15) is 0 Å². The molecule has 128 valence electrons. The summed E-state index contributed by atoms with van der Waals surface area (Å²) in [5.41, 5.74) is 1.12. The molecule has 2 rings (SSSR count). The fraction of sp³-hybridized carbons (Fsp3) is 0.632. The quantitative estimate of drug-likeness (QED) is 0.712. The number of para-hydroxylation sites is 1. The van der Waals surface area contributed by atoms with E-state index >= 15 is 0 Å². The maximum absolute atomic E-state index is 11.4. The first kappa shape index (κ1) is 17.8. The Balaban J connectivity index is 1.67. The summed E-state index contributed by atoms with van der Waals surface area (Å²) in [5.74, 6) is 0.996. The summed E-state index contributed by atoms with van der Waals surface area (Å²) in [6.07, 6.45) is 7.62. The summed E-state index contributed by atoms with van der Waals surface area (Å²) < 4.78 is 5.94. The fourth-order valence-electron chi connectivity index (χ4n) is 3.03. The van der Waals surface area contributed by atoms with Crippen LogP contribution in [0.25, 0.3) is 0 Å². The van der Waals surface area contributed by atoms with Crippen LogP contribution < -0.4 is 10.1 Å². The molecule has 0 aromatic heterocycles. The molecule has 1 amide bonds. The molecular weight excluding hydrogens is 288 g/mol. The number of carbonyl (C=O) groups is 1. The van der Waals surface area contributed by atoms with Gasteiger partial charge >= 0.3 is 0 Å². The summed E-state index contributed by atoms with van der Waals surface area (Å²) in [7, 11) is 1.67. The molecule has 0 saturated carbocycles. The van der Waals surface area contributed by atoms with E-state index in [1.165, 1.54) is 45.3 Å². The van der Waals surface area contributed by atoms with E-state index in [1.54, 1.807) is 7.05 Å². The van der Waals surface area contributed by atoms with E-state index in [2.05, 4.69) is 10.2 Å². The van der Waals surface area contributed by atoms with Gasteiger partial charge in [0.1, 0.15) is 5.75 Å². The molecule has 1 aliphatic rings. The summed E-state index contributed by atoms with van der Waals surface area (Å²) in [4.78, 5) is 14.0. The molecule has 1 aromatic carbocycles. The van der Waals surface area contributed by atoms with Gasteiger partial charge in [0.25, 0.3) is 0 Å². The first-order valence-electron chi connectivity index (χ1n) is 8.93. The molecule has 1 N–H and O–H groups in total. The average Bonchev–Trinajstić information content (AvgIpc) is 2.61. The Morgan fingerprint density at radius 2 is 1.96 bits per heavy atom. The molecular formula is C19H30N2O2. The van der Waals surface area contributed by atoms with Crippen molar-refractivity contribution >= 4 is 5.91 Å². The number of hydrogen-bond donors (Lipinski definition) is 1. The van der Waals surface area contributed by atoms with Crippen LogP contribution in [-0.2, 0) is 11.2 Å². The van der Waals surface area contributed by atoms with Crippen LogP contribution in [0, 0.1) is 0 Å². The molecule has 0 atom stereocenters. The van der Waals surface area contributed by atoms with Crippen LogP contribution in [0.5, 0.6) is 5.75 Å². The van der Waals surface area contributed by atoms with Gasteiger partial charge in [0, 0.05) is 13.5 Å². The Kier molecular flexibility index (Phi) is 7.95. The molecule has 1 aliphatic heterocycles. The van der Waals surface area contributed by atoms with Crippen molar-refractivity contribution in [1.29, 1.82) is 0 Å². The summed E-state index contributed by atoms with van der Waals surface area (Å²) in [6.45, 7) is 4.48. The van der Waals surface area contributed by atoms with E-state index in [0.717, 1.165) is 30.8 Å². The number of piperidine rings is 1. The van der Waals surface area contributed by atoms with E-state index < -0.39 is 0 Å². The standard InChI is InChI=1S/C19H30N2O2/c1-20-19(22)12-11-17-9-3-4-10-18(17)23-16-8-7-15-21-13-5-2-6-14-21/h3-4,9-10H,2,5-8,11-16H2,1H3,(H,20,22). The Bertz CT molecular complexity index is 470. The minimum Gasteiger partial charge on any atom is -0.493 e. The van der Waals surface area contributed by atoms with Crippen LogP contribution in [0.3, 0.4) is 0 Å². The number of carbonyl (C=O) groups excluding carboxylic acids is 1. The van der Waals surface area contributed by atoms with E-state index in [9.17, 15) is 4.79 Å². The van der Waals surface area contributed by atoms with Gasteiger partial charge in [-0.1, -0.05) is 24.6 Å². The summed E-state index contributed by atoms with van der Waals surface area (Å²) >= 11 is 0. The second kappa shape index (κ2) is 10.3. The van der Waals surface area contributed by atoms with Gasteiger partial charge in [0.15, 0.2) is 0 Å². The minimum atomic E-state index is 0.0707. The monoisotopic (exact) mass is 318 g/mol. The number of benzene rings is 1. The van der Waals surface area contributed by atoms with Crippen molar-refractivity contribution in [2.45, 2.75) is 44.9 Å². The van der Waals surface area contributed by atoms with Crippen LogP contribution >= 0.6 is 0 Å². The smallest absolute Gasteiger partial charge is 0.220 e. The molecule has 0 unspecified atom stereocenters. The fourth-order valence-corrected chi connectivity index (χ4v) is 3.03. The molecule has 1 saturated heterocycles. The first-order chi connectivity index (χ1) is 11.3. The molecule has 1 aromatic rings. The predicted octanol–water partition coefficient (Wildman–Crippen LogP) is 3.01. The van der Waals surface area contributed by atoms with Gasteiger partial charge in [0.05, 0.1) is 6.61 Å². The second-order valence-corrected chi connectivity index (χ2v) is 6.24. The van der Waals surface area contributed by atoms with Gasteiger partial charge < -0.3 is 15.0 Å². The lowest BCUT2D eigenvalue weighted by atomic mass is 10.1. The highest BCUT2D eigenvalue weighted by molar-refractivity contribution is 5.75. The van der Waals surface area contributed by atoms with Gasteiger partial charge in [0.2, 0.25) is 5.91 Å². The number of hydrogen-bond acceptors (Lipinski definition) is 3. The Hall–Kier alpha value is -1.55. The molecule has 23 heavy (non-hydrogen) atoms. The van der Waals surface area contributed by atoms with Crippen LogP contribution in [0.2, 0.25) is 0 Å². The average molecular weight is 318 g/mol. The number of ether oxygens (including phenoxy) is 1. The third kappa shape index (κ3) is 6.61. The van der Waals surface area contributed by atoms with E-state index in [1.807, 2.05) is 24.3 Å². The normalized spacial score (nSPS) is 15.3. The molecule has 4 nitrogen and oxygen atoms in total. The largest absolute Gasteiger partial charge is 0.493 e.